The quantitative estimate of drug-likeness (QED) is 0.776. The minimum atomic E-state index is -1.06. The molecule has 2 aromatic heterocycles. The van der Waals surface area contributed by atoms with Gasteiger partial charge in [0, 0.05) is 28.7 Å². The van der Waals surface area contributed by atoms with Gasteiger partial charge in [-0.25, -0.2) is 9.48 Å². The molecule has 0 aliphatic heterocycles. The number of aromatic carboxylic acids is 1. The lowest BCUT2D eigenvalue weighted by Gasteiger charge is -2.03. The van der Waals surface area contributed by atoms with E-state index in [-0.39, 0.29) is 5.69 Å². The first kappa shape index (κ1) is 13.6. The van der Waals surface area contributed by atoms with E-state index >= 15 is 0 Å². The first-order valence-electron chi connectivity index (χ1n) is 6.45. The molecule has 2 N–H and O–H groups in total. The fourth-order valence-electron chi connectivity index (χ4n) is 2.35. The number of carboxylic acid groups (broad SMARTS) is 1. The van der Waals surface area contributed by atoms with Gasteiger partial charge in [0.1, 0.15) is 0 Å². The number of fused-ring (bicyclic) bond motifs is 1. The number of rotatable bonds is 4. The van der Waals surface area contributed by atoms with Crippen LogP contribution in [0.2, 0.25) is 5.02 Å². The summed E-state index contributed by atoms with van der Waals surface area (Å²) < 4.78 is 1.60. The van der Waals surface area contributed by atoms with Crippen molar-refractivity contribution < 1.29 is 9.90 Å². The summed E-state index contributed by atoms with van der Waals surface area (Å²) in [6.07, 6.45) is 2.65. The van der Waals surface area contributed by atoms with Gasteiger partial charge in [0.05, 0.1) is 5.69 Å². The zero-order valence-electron chi connectivity index (χ0n) is 11.3. The largest absolute Gasteiger partial charge is 0.476 e. The van der Waals surface area contributed by atoms with Gasteiger partial charge in [0.15, 0.2) is 5.69 Å². The number of nitrogens with one attached hydrogen (secondary N) is 1. The average molecular weight is 305 g/mol. The fraction of sp³-hybridized carbons (Fsp3) is 0.214. The van der Waals surface area contributed by atoms with Gasteiger partial charge in [-0.05, 0) is 37.1 Å². The highest BCUT2D eigenvalue weighted by atomic mass is 35.5. The van der Waals surface area contributed by atoms with Crippen LogP contribution in [0.15, 0.2) is 24.4 Å². The first-order chi connectivity index (χ1) is 10.1. The highest BCUT2D eigenvalue weighted by Crippen LogP contribution is 2.23. The summed E-state index contributed by atoms with van der Waals surface area (Å²) in [5, 5.41) is 18.3. The second-order valence-corrected chi connectivity index (χ2v) is 5.24. The Bertz CT molecular complexity index is 822. The van der Waals surface area contributed by atoms with Crippen LogP contribution in [0.5, 0.6) is 0 Å². The van der Waals surface area contributed by atoms with Crippen LogP contribution in [0, 0.1) is 6.92 Å². The zero-order valence-corrected chi connectivity index (χ0v) is 12.1. The van der Waals surface area contributed by atoms with Crippen molar-refractivity contribution >= 4 is 28.5 Å². The smallest absolute Gasteiger partial charge is 0.358 e. The Kier molecular flexibility index (Phi) is 3.39. The molecule has 0 saturated carbocycles. The fourth-order valence-corrected chi connectivity index (χ4v) is 2.53. The maximum Gasteiger partial charge on any atom is 0.358 e. The summed E-state index contributed by atoms with van der Waals surface area (Å²) in [6.45, 7) is 2.27. The molecule has 0 radical (unpaired) electrons. The molecule has 2 heterocycles. The molecule has 0 aliphatic carbocycles. The van der Waals surface area contributed by atoms with Crippen LogP contribution in [0.25, 0.3) is 10.9 Å². The van der Waals surface area contributed by atoms with Gasteiger partial charge >= 0.3 is 5.97 Å². The average Bonchev–Trinajstić information content (AvgIpc) is 3.00. The van der Waals surface area contributed by atoms with Gasteiger partial charge in [-0.15, -0.1) is 5.10 Å². The molecular weight excluding hydrogens is 292 g/mol. The molecule has 21 heavy (non-hydrogen) atoms. The third-order valence-electron chi connectivity index (χ3n) is 3.51. The van der Waals surface area contributed by atoms with Crippen LogP contribution < -0.4 is 0 Å². The Balaban J connectivity index is 1.84. The number of hydrogen-bond donors (Lipinski definition) is 2. The van der Waals surface area contributed by atoms with Gasteiger partial charge in [-0.3, -0.25) is 0 Å². The predicted molar refractivity (Wildman–Crippen MR) is 78.7 cm³/mol. The molecule has 3 aromatic rings. The van der Waals surface area contributed by atoms with Crippen molar-refractivity contribution in [1.29, 1.82) is 0 Å². The highest BCUT2D eigenvalue weighted by molar-refractivity contribution is 6.31. The molecule has 108 valence electrons. The molecule has 0 aliphatic rings. The van der Waals surface area contributed by atoms with Gasteiger partial charge in [-0.2, -0.15) is 0 Å². The number of aromatic amines is 1. The topological polar surface area (TPSA) is 83.8 Å². The minimum Gasteiger partial charge on any atom is -0.476 e. The Morgan fingerprint density at radius 1 is 1.48 bits per heavy atom. The van der Waals surface area contributed by atoms with Crippen molar-refractivity contribution in [3.05, 3.63) is 46.4 Å². The summed E-state index contributed by atoms with van der Waals surface area (Å²) in [4.78, 5) is 14.1. The number of H-pyrrole nitrogens is 1. The van der Waals surface area contributed by atoms with Crippen LogP contribution >= 0.6 is 11.6 Å². The molecule has 0 bridgehead atoms. The van der Waals surface area contributed by atoms with Gasteiger partial charge in [0.2, 0.25) is 0 Å². The van der Waals surface area contributed by atoms with Crippen LogP contribution in [-0.4, -0.2) is 31.1 Å². The maximum atomic E-state index is 10.9. The van der Waals surface area contributed by atoms with E-state index in [4.69, 9.17) is 16.7 Å². The van der Waals surface area contributed by atoms with Crippen molar-refractivity contribution in [2.45, 2.75) is 19.9 Å². The van der Waals surface area contributed by atoms with Crippen molar-refractivity contribution in [3.63, 3.8) is 0 Å². The van der Waals surface area contributed by atoms with E-state index < -0.39 is 5.97 Å². The van der Waals surface area contributed by atoms with Crippen molar-refractivity contribution in [1.82, 2.24) is 20.0 Å². The second-order valence-electron chi connectivity index (χ2n) is 4.81. The maximum absolute atomic E-state index is 10.9. The van der Waals surface area contributed by atoms with E-state index in [1.54, 1.807) is 11.6 Å². The Labute approximate surface area is 125 Å². The van der Waals surface area contributed by atoms with E-state index in [9.17, 15) is 4.79 Å². The molecule has 0 fully saturated rings. The Morgan fingerprint density at radius 2 is 2.29 bits per heavy atom. The Hall–Kier alpha value is -2.34. The van der Waals surface area contributed by atoms with E-state index in [2.05, 4.69) is 15.3 Å². The number of aromatic nitrogens is 4. The first-order valence-corrected chi connectivity index (χ1v) is 6.83. The lowest BCUT2D eigenvalue weighted by Crippen LogP contribution is -2.06. The van der Waals surface area contributed by atoms with Crippen LogP contribution in [0.4, 0.5) is 0 Å². The second kappa shape index (κ2) is 5.21. The lowest BCUT2D eigenvalue weighted by molar-refractivity contribution is 0.0689. The van der Waals surface area contributed by atoms with Crippen LogP contribution in [0.3, 0.4) is 0 Å². The number of carboxylic acids is 1. The molecule has 0 unspecified atom stereocenters. The number of hydrogen-bond acceptors (Lipinski definition) is 3. The van der Waals surface area contributed by atoms with E-state index in [1.807, 2.05) is 24.4 Å². The van der Waals surface area contributed by atoms with E-state index in [1.165, 1.54) is 0 Å². The summed E-state index contributed by atoms with van der Waals surface area (Å²) in [6, 6.07) is 5.69. The summed E-state index contributed by atoms with van der Waals surface area (Å²) >= 11 is 6.02. The van der Waals surface area contributed by atoms with Gasteiger partial charge in [-0.1, -0.05) is 16.8 Å². The van der Waals surface area contributed by atoms with Crippen molar-refractivity contribution in [2.24, 2.45) is 0 Å². The molecule has 7 heteroatoms. The third-order valence-corrected chi connectivity index (χ3v) is 3.74. The van der Waals surface area contributed by atoms with Crippen LogP contribution in [-0.2, 0) is 13.0 Å². The summed E-state index contributed by atoms with van der Waals surface area (Å²) in [7, 11) is 0. The number of benzene rings is 1. The third kappa shape index (κ3) is 2.50. The Morgan fingerprint density at radius 3 is 3.00 bits per heavy atom. The molecular formula is C14H13ClN4O2. The molecule has 0 saturated heterocycles. The minimum absolute atomic E-state index is 0.00280. The zero-order chi connectivity index (χ0) is 15.0. The number of aryl methyl sites for hydroxylation is 2. The highest BCUT2D eigenvalue weighted by Gasteiger charge is 2.15. The lowest BCUT2D eigenvalue weighted by atomic mass is 10.1. The summed E-state index contributed by atoms with van der Waals surface area (Å²) in [5.74, 6) is -1.06. The molecule has 0 amide bonds. The molecule has 3 rings (SSSR count). The standard InChI is InChI=1S/C14H13ClN4O2/c1-8-13(14(20)21)17-18-19(8)5-4-9-7-16-12-3-2-10(15)6-11(9)12/h2-3,6-7,16H,4-5H2,1H3,(H,20,21). The summed E-state index contributed by atoms with van der Waals surface area (Å²) in [5.41, 5.74) is 2.69. The number of carbonyl (C=O) groups is 1. The van der Waals surface area contributed by atoms with Crippen molar-refractivity contribution in [2.75, 3.05) is 0 Å². The van der Waals surface area contributed by atoms with Crippen LogP contribution in [0.1, 0.15) is 21.7 Å². The SMILES string of the molecule is Cc1c(C(=O)O)nnn1CCc1c[nH]c2ccc(Cl)cc12. The molecule has 1 aromatic carbocycles. The van der Waals surface area contributed by atoms with E-state index in [0.717, 1.165) is 16.5 Å². The predicted octanol–water partition coefficient (Wildman–Crippen LogP) is 2.66. The number of halogens is 1. The molecule has 0 atom stereocenters. The molecule has 6 nitrogen and oxygen atoms in total. The monoisotopic (exact) mass is 304 g/mol. The van der Waals surface area contributed by atoms with Gasteiger partial charge < -0.3 is 10.1 Å². The number of nitrogens with zero attached hydrogens (tertiary/aromatic N) is 3. The normalized spacial score (nSPS) is 11.1. The van der Waals surface area contributed by atoms with Crippen molar-refractivity contribution in [3.8, 4) is 0 Å². The van der Waals surface area contributed by atoms with Gasteiger partial charge in [0.25, 0.3) is 0 Å². The molecule has 0 spiro atoms. The van der Waals surface area contributed by atoms with E-state index in [0.29, 0.717) is 23.7 Å².